The molecule has 1 aromatic carbocycles. The molecule has 1 N–H and O–H groups in total. The number of halogens is 1. The smallest absolute Gasteiger partial charge is 0.214 e. The molecule has 0 fully saturated rings. The van der Waals surface area contributed by atoms with Crippen LogP contribution in [0.5, 0.6) is 0 Å². The second-order valence-corrected chi connectivity index (χ2v) is 3.95. The largest absolute Gasteiger partial charge is 0.363 e. The Morgan fingerprint density at radius 2 is 1.94 bits per heavy atom. The molecule has 2 rings (SSSR count). The van der Waals surface area contributed by atoms with Crippen LogP contribution in [-0.4, -0.2) is 4.98 Å². The lowest BCUT2D eigenvalue weighted by Gasteiger charge is -2.14. The highest BCUT2D eigenvalue weighted by atomic mass is 19.1. The third-order valence-corrected chi connectivity index (χ3v) is 2.62. The van der Waals surface area contributed by atoms with Crippen molar-refractivity contribution in [2.24, 2.45) is 0 Å². The third-order valence-electron chi connectivity index (χ3n) is 2.62. The average Bonchev–Trinajstić information content (AvgIpc) is 2.39. The zero-order valence-corrected chi connectivity index (χ0v) is 9.89. The van der Waals surface area contributed by atoms with Crippen LogP contribution in [0.4, 0.5) is 10.2 Å². The standard InChI is InChI=1S/C14H12FN3/c1-10(12-7-5-11(9-16)6-8-12)17-14-4-2-3-13(15)18-14/h2-8,10H,1H3,(H,17,18). The van der Waals surface area contributed by atoms with Crippen LogP contribution in [0.1, 0.15) is 24.1 Å². The van der Waals surface area contributed by atoms with Gasteiger partial charge in [0.2, 0.25) is 5.95 Å². The van der Waals surface area contributed by atoms with Gasteiger partial charge in [-0.05, 0) is 36.8 Å². The molecule has 4 heteroatoms. The predicted octanol–water partition coefficient (Wildman–Crippen LogP) is 3.27. The van der Waals surface area contributed by atoms with Crippen molar-refractivity contribution in [3.05, 3.63) is 59.5 Å². The number of hydrogen-bond donors (Lipinski definition) is 1. The molecule has 90 valence electrons. The first-order valence-corrected chi connectivity index (χ1v) is 5.58. The summed E-state index contributed by atoms with van der Waals surface area (Å²) in [5.41, 5.74) is 1.63. The molecule has 0 saturated heterocycles. The fourth-order valence-corrected chi connectivity index (χ4v) is 1.64. The molecule has 1 aromatic heterocycles. The predicted molar refractivity (Wildman–Crippen MR) is 67.4 cm³/mol. The lowest BCUT2D eigenvalue weighted by Crippen LogP contribution is -2.08. The number of pyridine rings is 1. The lowest BCUT2D eigenvalue weighted by molar-refractivity contribution is 0.584. The summed E-state index contributed by atoms with van der Waals surface area (Å²) in [7, 11) is 0. The van der Waals surface area contributed by atoms with Crippen LogP contribution >= 0.6 is 0 Å². The fraction of sp³-hybridized carbons (Fsp3) is 0.143. The molecule has 1 unspecified atom stereocenters. The quantitative estimate of drug-likeness (QED) is 0.839. The van der Waals surface area contributed by atoms with Crippen LogP contribution in [0.25, 0.3) is 0 Å². The van der Waals surface area contributed by atoms with Crippen molar-refractivity contribution < 1.29 is 4.39 Å². The van der Waals surface area contributed by atoms with Crippen molar-refractivity contribution in [3.8, 4) is 6.07 Å². The van der Waals surface area contributed by atoms with Gasteiger partial charge < -0.3 is 5.32 Å². The van der Waals surface area contributed by atoms with Crippen LogP contribution < -0.4 is 5.32 Å². The van der Waals surface area contributed by atoms with Crippen molar-refractivity contribution in [2.45, 2.75) is 13.0 Å². The number of benzene rings is 1. The molecular formula is C14H12FN3. The molecule has 18 heavy (non-hydrogen) atoms. The van der Waals surface area contributed by atoms with Gasteiger partial charge in [-0.1, -0.05) is 18.2 Å². The van der Waals surface area contributed by atoms with Gasteiger partial charge in [-0.2, -0.15) is 9.65 Å². The van der Waals surface area contributed by atoms with E-state index in [0.29, 0.717) is 11.4 Å². The Morgan fingerprint density at radius 3 is 2.56 bits per heavy atom. The van der Waals surface area contributed by atoms with Gasteiger partial charge in [0.05, 0.1) is 11.6 Å². The van der Waals surface area contributed by atoms with Gasteiger partial charge >= 0.3 is 0 Å². The Morgan fingerprint density at radius 1 is 1.22 bits per heavy atom. The van der Waals surface area contributed by atoms with E-state index in [-0.39, 0.29) is 6.04 Å². The highest BCUT2D eigenvalue weighted by Crippen LogP contribution is 2.18. The van der Waals surface area contributed by atoms with Gasteiger partial charge in [0.1, 0.15) is 5.82 Å². The van der Waals surface area contributed by atoms with Crippen molar-refractivity contribution in [3.63, 3.8) is 0 Å². The van der Waals surface area contributed by atoms with Crippen molar-refractivity contribution in [2.75, 3.05) is 5.32 Å². The first-order chi connectivity index (χ1) is 8.69. The summed E-state index contributed by atoms with van der Waals surface area (Å²) in [5.74, 6) is -0.0149. The maximum atomic E-state index is 12.9. The maximum absolute atomic E-state index is 12.9. The van der Waals surface area contributed by atoms with E-state index < -0.39 is 5.95 Å². The Kier molecular flexibility index (Phi) is 3.54. The highest BCUT2D eigenvalue weighted by molar-refractivity contribution is 5.39. The molecule has 0 saturated carbocycles. The summed E-state index contributed by atoms with van der Waals surface area (Å²) >= 11 is 0. The topological polar surface area (TPSA) is 48.7 Å². The van der Waals surface area contributed by atoms with E-state index in [1.54, 1.807) is 24.3 Å². The van der Waals surface area contributed by atoms with Gasteiger partial charge in [0, 0.05) is 6.04 Å². The Balaban J connectivity index is 2.12. The SMILES string of the molecule is CC(Nc1cccc(F)n1)c1ccc(C#N)cc1. The average molecular weight is 241 g/mol. The summed E-state index contributed by atoms with van der Waals surface area (Å²) in [6.07, 6.45) is 0. The van der Waals surface area contributed by atoms with E-state index in [2.05, 4.69) is 16.4 Å². The van der Waals surface area contributed by atoms with E-state index in [0.717, 1.165) is 5.56 Å². The minimum Gasteiger partial charge on any atom is -0.363 e. The highest BCUT2D eigenvalue weighted by Gasteiger charge is 2.06. The molecular weight excluding hydrogens is 229 g/mol. The van der Waals surface area contributed by atoms with Crippen molar-refractivity contribution in [1.82, 2.24) is 4.98 Å². The van der Waals surface area contributed by atoms with Gasteiger partial charge in [0.25, 0.3) is 0 Å². The second-order valence-electron chi connectivity index (χ2n) is 3.95. The second kappa shape index (κ2) is 5.28. The first-order valence-electron chi connectivity index (χ1n) is 5.58. The fourth-order valence-electron chi connectivity index (χ4n) is 1.64. The molecule has 0 radical (unpaired) electrons. The van der Waals surface area contributed by atoms with E-state index in [9.17, 15) is 4.39 Å². The van der Waals surface area contributed by atoms with Crippen LogP contribution in [0.15, 0.2) is 42.5 Å². The van der Waals surface area contributed by atoms with E-state index in [1.807, 2.05) is 19.1 Å². The van der Waals surface area contributed by atoms with Crippen LogP contribution in [0.3, 0.4) is 0 Å². The van der Waals surface area contributed by atoms with Crippen LogP contribution in [0, 0.1) is 17.3 Å². The number of anilines is 1. The maximum Gasteiger partial charge on any atom is 0.214 e. The summed E-state index contributed by atoms with van der Waals surface area (Å²) in [6.45, 7) is 1.95. The van der Waals surface area contributed by atoms with Gasteiger partial charge in [-0.25, -0.2) is 4.98 Å². The number of nitrogens with zero attached hydrogens (tertiary/aromatic N) is 2. The monoisotopic (exact) mass is 241 g/mol. The summed E-state index contributed by atoms with van der Waals surface area (Å²) in [4.78, 5) is 3.74. The van der Waals surface area contributed by atoms with Crippen molar-refractivity contribution in [1.29, 1.82) is 5.26 Å². The minimum absolute atomic E-state index is 0.00737. The Hall–Kier alpha value is -2.41. The Bertz CT molecular complexity index is 572. The molecule has 0 spiro atoms. The molecule has 0 aliphatic carbocycles. The van der Waals surface area contributed by atoms with Gasteiger partial charge in [0.15, 0.2) is 0 Å². The molecule has 1 atom stereocenters. The molecule has 1 heterocycles. The zero-order valence-electron chi connectivity index (χ0n) is 9.89. The van der Waals surface area contributed by atoms with E-state index in [1.165, 1.54) is 6.07 Å². The molecule has 0 aliphatic rings. The molecule has 3 nitrogen and oxygen atoms in total. The van der Waals surface area contributed by atoms with Gasteiger partial charge in [-0.3, -0.25) is 0 Å². The molecule has 0 amide bonds. The van der Waals surface area contributed by atoms with E-state index in [4.69, 9.17) is 5.26 Å². The van der Waals surface area contributed by atoms with Gasteiger partial charge in [-0.15, -0.1) is 0 Å². The number of rotatable bonds is 3. The summed E-state index contributed by atoms with van der Waals surface area (Å²) in [6, 6.07) is 13.9. The van der Waals surface area contributed by atoms with Crippen LogP contribution in [-0.2, 0) is 0 Å². The lowest BCUT2D eigenvalue weighted by atomic mass is 10.1. The molecule has 0 aliphatic heterocycles. The first kappa shape index (κ1) is 12.1. The number of aromatic nitrogens is 1. The summed E-state index contributed by atoms with van der Waals surface area (Å²) < 4.78 is 12.9. The summed E-state index contributed by atoms with van der Waals surface area (Å²) in [5, 5.41) is 11.8. The third kappa shape index (κ3) is 2.83. The number of hydrogen-bond acceptors (Lipinski definition) is 3. The minimum atomic E-state index is -0.507. The number of nitriles is 1. The normalized spacial score (nSPS) is 11.6. The molecule has 0 bridgehead atoms. The molecule has 2 aromatic rings. The Labute approximate surface area is 105 Å². The zero-order chi connectivity index (χ0) is 13.0. The number of nitrogens with one attached hydrogen (secondary N) is 1. The van der Waals surface area contributed by atoms with Crippen LogP contribution in [0.2, 0.25) is 0 Å². The van der Waals surface area contributed by atoms with E-state index >= 15 is 0 Å². The van der Waals surface area contributed by atoms with Crippen molar-refractivity contribution >= 4 is 5.82 Å².